The monoisotopic (exact) mass is 210 g/mol. The van der Waals surface area contributed by atoms with Crippen LogP contribution in [0.4, 0.5) is 4.79 Å². The number of benzene rings is 1. The lowest BCUT2D eigenvalue weighted by Crippen LogP contribution is -2.41. The Morgan fingerprint density at radius 3 is 2.40 bits per heavy atom. The molecule has 0 atom stereocenters. The number of nitrogens with zero attached hydrogens (tertiary/aromatic N) is 1. The molecule has 0 fully saturated rings. The van der Waals surface area contributed by atoms with Crippen LogP contribution in [0.25, 0.3) is 0 Å². The summed E-state index contributed by atoms with van der Waals surface area (Å²) >= 11 is 0. The molecule has 0 unspecified atom stereocenters. The van der Waals surface area contributed by atoms with Crippen molar-refractivity contribution in [1.82, 2.24) is 5.06 Å². The van der Waals surface area contributed by atoms with Gasteiger partial charge in [-0.05, 0) is 12.1 Å². The zero-order valence-corrected chi connectivity index (χ0v) is 7.79. The molecule has 0 bridgehead atoms. The van der Waals surface area contributed by atoms with Crippen LogP contribution in [0.2, 0.25) is 0 Å². The average molecular weight is 210 g/mol. The van der Waals surface area contributed by atoms with Gasteiger partial charge >= 0.3 is 6.03 Å². The number of ether oxygens (including phenoxy) is 2. The predicted molar refractivity (Wildman–Crippen MR) is 49.6 cm³/mol. The molecule has 2 amide bonds. The molecule has 80 valence electrons. The molecule has 2 rings (SSSR count). The second-order valence-electron chi connectivity index (χ2n) is 3.03. The molecule has 0 saturated heterocycles. The standard InChI is InChI=1S/C9H10N2O4/c10-9(12)11(13)5-8-14-6-3-1-2-4-7(6)15-8/h1-4,8,13H,5H2,(H2,10,12). The van der Waals surface area contributed by atoms with Crippen LogP contribution in [0.5, 0.6) is 11.5 Å². The number of carbonyl (C=O) groups excluding carboxylic acids is 1. The van der Waals surface area contributed by atoms with Crippen LogP contribution < -0.4 is 15.2 Å². The van der Waals surface area contributed by atoms with E-state index in [1.807, 2.05) is 0 Å². The number of primary amides is 1. The zero-order valence-electron chi connectivity index (χ0n) is 7.79. The van der Waals surface area contributed by atoms with E-state index in [0.717, 1.165) is 0 Å². The van der Waals surface area contributed by atoms with E-state index in [4.69, 9.17) is 20.4 Å². The fourth-order valence-electron chi connectivity index (χ4n) is 1.26. The molecule has 1 heterocycles. The number of para-hydroxylation sites is 2. The Kier molecular flexibility index (Phi) is 2.34. The lowest BCUT2D eigenvalue weighted by atomic mass is 10.3. The molecule has 1 aliphatic rings. The third-order valence-electron chi connectivity index (χ3n) is 1.94. The van der Waals surface area contributed by atoms with Crippen molar-refractivity contribution in [2.24, 2.45) is 5.73 Å². The number of carbonyl (C=O) groups is 1. The molecule has 0 radical (unpaired) electrons. The molecule has 0 spiro atoms. The SMILES string of the molecule is NC(=O)N(O)CC1Oc2ccccc2O1. The first-order valence-electron chi connectivity index (χ1n) is 4.35. The van der Waals surface area contributed by atoms with E-state index in [9.17, 15) is 4.79 Å². The molecular formula is C9H10N2O4. The summed E-state index contributed by atoms with van der Waals surface area (Å²) in [5.74, 6) is 1.17. The van der Waals surface area contributed by atoms with E-state index in [0.29, 0.717) is 16.6 Å². The highest BCUT2D eigenvalue weighted by Crippen LogP contribution is 2.33. The first-order valence-corrected chi connectivity index (χ1v) is 4.35. The van der Waals surface area contributed by atoms with Gasteiger partial charge in [-0.2, -0.15) is 5.06 Å². The summed E-state index contributed by atoms with van der Waals surface area (Å²) in [5.41, 5.74) is 4.85. The summed E-state index contributed by atoms with van der Waals surface area (Å²) in [6, 6.07) is 6.13. The molecule has 6 heteroatoms. The van der Waals surface area contributed by atoms with Crippen molar-refractivity contribution in [3.05, 3.63) is 24.3 Å². The summed E-state index contributed by atoms with van der Waals surface area (Å²) < 4.78 is 10.6. The normalized spacial score (nSPS) is 13.9. The minimum Gasteiger partial charge on any atom is -0.449 e. The third-order valence-corrected chi connectivity index (χ3v) is 1.94. The Labute approximate surface area is 85.8 Å². The summed E-state index contributed by atoms with van der Waals surface area (Å²) in [4.78, 5) is 10.5. The summed E-state index contributed by atoms with van der Waals surface area (Å²) in [6.45, 7) is -0.135. The van der Waals surface area contributed by atoms with E-state index in [2.05, 4.69) is 0 Å². The maximum Gasteiger partial charge on any atom is 0.338 e. The third kappa shape index (κ3) is 1.94. The molecular weight excluding hydrogens is 200 g/mol. The van der Waals surface area contributed by atoms with Gasteiger partial charge in [0.05, 0.1) is 0 Å². The molecule has 6 nitrogen and oxygen atoms in total. The van der Waals surface area contributed by atoms with Gasteiger partial charge in [0, 0.05) is 0 Å². The number of nitrogens with two attached hydrogens (primary N) is 1. The Balaban J connectivity index is 1.99. The predicted octanol–water partition coefficient (Wildman–Crippen LogP) is 0.554. The van der Waals surface area contributed by atoms with Gasteiger partial charge in [0.1, 0.15) is 6.54 Å². The maximum atomic E-state index is 10.5. The average Bonchev–Trinajstić information content (AvgIpc) is 2.59. The van der Waals surface area contributed by atoms with Gasteiger partial charge < -0.3 is 15.2 Å². The van der Waals surface area contributed by atoms with Gasteiger partial charge in [0.25, 0.3) is 6.29 Å². The van der Waals surface area contributed by atoms with Crippen molar-refractivity contribution in [3.63, 3.8) is 0 Å². The zero-order chi connectivity index (χ0) is 10.8. The first-order chi connectivity index (χ1) is 7.16. The van der Waals surface area contributed by atoms with E-state index in [1.165, 1.54) is 0 Å². The van der Waals surface area contributed by atoms with Crippen LogP contribution in [-0.2, 0) is 0 Å². The minimum atomic E-state index is -0.946. The van der Waals surface area contributed by atoms with Gasteiger partial charge in [-0.25, -0.2) is 4.79 Å². The fraction of sp³-hybridized carbons (Fsp3) is 0.222. The number of urea groups is 1. The topological polar surface area (TPSA) is 85.0 Å². The maximum absolute atomic E-state index is 10.5. The van der Waals surface area contributed by atoms with Crippen molar-refractivity contribution in [2.45, 2.75) is 6.29 Å². The Morgan fingerprint density at radius 1 is 1.40 bits per heavy atom. The summed E-state index contributed by atoms with van der Waals surface area (Å²) in [6.07, 6.45) is -0.722. The van der Waals surface area contributed by atoms with Crippen molar-refractivity contribution in [1.29, 1.82) is 0 Å². The lowest BCUT2D eigenvalue weighted by Gasteiger charge is -2.15. The van der Waals surface area contributed by atoms with Gasteiger partial charge in [-0.1, -0.05) is 12.1 Å². The van der Waals surface area contributed by atoms with Gasteiger partial charge in [0.15, 0.2) is 11.5 Å². The molecule has 1 aromatic rings. The van der Waals surface area contributed by atoms with Crippen LogP contribution >= 0.6 is 0 Å². The molecule has 0 aromatic heterocycles. The second-order valence-corrected chi connectivity index (χ2v) is 3.03. The Morgan fingerprint density at radius 2 is 1.93 bits per heavy atom. The van der Waals surface area contributed by atoms with Gasteiger partial charge in [-0.3, -0.25) is 5.21 Å². The number of hydrogen-bond donors (Lipinski definition) is 2. The number of hydrogen-bond acceptors (Lipinski definition) is 4. The smallest absolute Gasteiger partial charge is 0.338 e. The molecule has 15 heavy (non-hydrogen) atoms. The van der Waals surface area contributed by atoms with Gasteiger partial charge in [-0.15, -0.1) is 0 Å². The van der Waals surface area contributed by atoms with E-state index >= 15 is 0 Å². The number of rotatable bonds is 2. The van der Waals surface area contributed by atoms with Crippen LogP contribution in [0, 0.1) is 0 Å². The lowest BCUT2D eigenvalue weighted by molar-refractivity contribution is -0.0918. The Hall–Kier alpha value is -1.95. The summed E-state index contributed by atoms with van der Waals surface area (Å²) in [7, 11) is 0. The quantitative estimate of drug-likeness (QED) is 0.551. The number of amides is 2. The van der Waals surface area contributed by atoms with E-state index in [-0.39, 0.29) is 6.54 Å². The van der Waals surface area contributed by atoms with Crippen LogP contribution in [0.1, 0.15) is 0 Å². The number of fused-ring (bicyclic) bond motifs is 1. The molecule has 0 saturated carbocycles. The highest BCUT2D eigenvalue weighted by Gasteiger charge is 2.26. The van der Waals surface area contributed by atoms with Crippen LogP contribution in [0.15, 0.2) is 24.3 Å². The second kappa shape index (κ2) is 3.66. The van der Waals surface area contributed by atoms with Crippen molar-refractivity contribution in [3.8, 4) is 11.5 Å². The minimum absolute atomic E-state index is 0.135. The van der Waals surface area contributed by atoms with Crippen LogP contribution in [0.3, 0.4) is 0 Å². The van der Waals surface area contributed by atoms with Crippen LogP contribution in [-0.4, -0.2) is 29.1 Å². The molecule has 0 aliphatic carbocycles. The fourth-order valence-corrected chi connectivity index (χ4v) is 1.26. The van der Waals surface area contributed by atoms with Crippen molar-refractivity contribution >= 4 is 6.03 Å². The highest BCUT2D eigenvalue weighted by atomic mass is 16.7. The van der Waals surface area contributed by atoms with E-state index in [1.54, 1.807) is 24.3 Å². The van der Waals surface area contributed by atoms with Gasteiger partial charge in [0.2, 0.25) is 0 Å². The first kappa shape index (κ1) is 9.60. The Bertz CT molecular complexity index is 357. The molecule has 3 N–H and O–H groups in total. The van der Waals surface area contributed by atoms with E-state index < -0.39 is 12.3 Å². The highest BCUT2D eigenvalue weighted by molar-refractivity contribution is 5.70. The number of hydroxylamine groups is 2. The van der Waals surface area contributed by atoms with Crippen molar-refractivity contribution in [2.75, 3.05) is 6.54 Å². The molecule has 1 aromatic carbocycles. The molecule has 1 aliphatic heterocycles. The largest absolute Gasteiger partial charge is 0.449 e. The van der Waals surface area contributed by atoms with Crippen molar-refractivity contribution < 1.29 is 19.5 Å². The summed E-state index contributed by atoms with van der Waals surface area (Å²) in [5, 5.41) is 9.41.